The van der Waals surface area contributed by atoms with Crippen molar-refractivity contribution in [1.29, 1.82) is 0 Å². The molecule has 1 fully saturated rings. The molecule has 1 saturated heterocycles. The van der Waals surface area contributed by atoms with Crippen LogP contribution < -0.4 is 10.6 Å². The summed E-state index contributed by atoms with van der Waals surface area (Å²) in [5.41, 5.74) is 0.767. The van der Waals surface area contributed by atoms with Crippen LogP contribution in [0, 0.1) is 5.92 Å². The molecule has 25 heavy (non-hydrogen) atoms. The Morgan fingerprint density at radius 3 is 2.96 bits per heavy atom. The van der Waals surface area contributed by atoms with Gasteiger partial charge in [-0.1, -0.05) is 30.8 Å². The van der Waals surface area contributed by atoms with Gasteiger partial charge in [-0.25, -0.2) is 4.68 Å². The number of para-hydroxylation sites is 1. The molecular weight excluding hydrogens is 338 g/mol. The molecule has 2 N–H and O–H groups in total. The summed E-state index contributed by atoms with van der Waals surface area (Å²) in [5, 5.41) is 8.80. The first-order valence-corrected chi connectivity index (χ1v) is 9.33. The molecule has 7 nitrogen and oxygen atoms in total. The Morgan fingerprint density at radius 1 is 1.40 bits per heavy atom. The summed E-state index contributed by atoms with van der Waals surface area (Å²) < 4.78 is 6.76. The SMILES string of the molecule is COc1ccccc1-c1nnc(SCC(=O)N2CCCC(C)C2)n1N. The van der Waals surface area contributed by atoms with Crippen molar-refractivity contribution in [2.45, 2.75) is 24.9 Å². The van der Waals surface area contributed by atoms with Gasteiger partial charge in [0.1, 0.15) is 5.75 Å². The molecule has 1 atom stereocenters. The zero-order chi connectivity index (χ0) is 17.8. The minimum absolute atomic E-state index is 0.124. The number of aromatic nitrogens is 3. The molecule has 8 heteroatoms. The number of amides is 1. The van der Waals surface area contributed by atoms with Gasteiger partial charge in [0, 0.05) is 13.1 Å². The normalized spacial score (nSPS) is 17.5. The van der Waals surface area contributed by atoms with Crippen LogP contribution in [0.1, 0.15) is 19.8 Å². The zero-order valence-corrected chi connectivity index (χ0v) is 15.3. The highest BCUT2D eigenvalue weighted by atomic mass is 32.2. The lowest BCUT2D eigenvalue weighted by Gasteiger charge is -2.30. The summed E-state index contributed by atoms with van der Waals surface area (Å²) in [5.74, 6) is 8.33. The molecule has 0 radical (unpaired) electrons. The van der Waals surface area contributed by atoms with E-state index in [1.54, 1.807) is 7.11 Å². The lowest BCUT2D eigenvalue weighted by atomic mass is 10.0. The van der Waals surface area contributed by atoms with Gasteiger partial charge in [0.15, 0.2) is 5.82 Å². The zero-order valence-electron chi connectivity index (χ0n) is 14.5. The summed E-state index contributed by atoms with van der Waals surface area (Å²) in [7, 11) is 1.60. The molecule has 0 saturated carbocycles. The van der Waals surface area contributed by atoms with Crippen LogP contribution in [0.25, 0.3) is 11.4 Å². The number of likely N-dealkylation sites (tertiary alicyclic amines) is 1. The molecule has 2 heterocycles. The van der Waals surface area contributed by atoms with Gasteiger partial charge in [0.2, 0.25) is 11.1 Å². The van der Waals surface area contributed by atoms with Crippen molar-refractivity contribution in [2.75, 3.05) is 31.8 Å². The van der Waals surface area contributed by atoms with Gasteiger partial charge < -0.3 is 15.5 Å². The average Bonchev–Trinajstić information content (AvgIpc) is 3.00. The van der Waals surface area contributed by atoms with Crippen LogP contribution in [0.2, 0.25) is 0 Å². The molecule has 1 unspecified atom stereocenters. The van der Waals surface area contributed by atoms with E-state index < -0.39 is 0 Å². The summed E-state index contributed by atoms with van der Waals surface area (Å²) in [6.07, 6.45) is 2.26. The highest BCUT2D eigenvalue weighted by molar-refractivity contribution is 7.99. The molecule has 0 spiro atoms. The van der Waals surface area contributed by atoms with E-state index in [1.807, 2.05) is 29.2 Å². The minimum Gasteiger partial charge on any atom is -0.496 e. The van der Waals surface area contributed by atoms with Crippen molar-refractivity contribution in [2.24, 2.45) is 5.92 Å². The first-order chi connectivity index (χ1) is 12.1. The van der Waals surface area contributed by atoms with Crippen molar-refractivity contribution in [3.05, 3.63) is 24.3 Å². The Bertz CT molecular complexity index is 748. The number of nitrogen functional groups attached to an aromatic ring is 1. The second-order valence-corrected chi connectivity index (χ2v) is 7.19. The highest BCUT2D eigenvalue weighted by Gasteiger charge is 2.22. The van der Waals surface area contributed by atoms with Gasteiger partial charge in [-0.2, -0.15) is 0 Å². The first-order valence-electron chi connectivity index (χ1n) is 8.34. The molecule has 1 aromatic heterocycles. The standard InChI is InChI=1S/C17H23N5O2S/c1-12-6-5-9-21(10-12)15(23)11-25-17-20-19-16(22(17)18)13-7-3-4-8-14(13)24-2/h3-4,7-8,12H,5-6,9-11,18H2,1-2H3. The average molecular weight is 361 g/mol. The third kappa shape index (κ3) is 3.89. The number of carbonyl (C=O) groups is 1. The lowest BCUT2D eigenvalue weighted by molar-refractivity contribution is -0.130. The predicted molar refractivity (Wildman–Crippen MR) is 97.9 cm³/mol. The van der Waals surface area contributed by atoms with Crippen LogP contribution in [0.3, 0.4) is 0 Å². The Hall–Kier alpha value is -2.22. The summed E-state index contributed by atoms with van der Waals surface area (Å²) in [6.45, 7) is 3.86. The number of piperidine rings is 1. The minimum atomic E-state index is 0.124. The number of hydrogen-bond acceptors (Lipinski definition) is 6. The van der Waals surface area contributed by atoms with E-state index in [4.69, 9.17) is 10.6 Å². The quantitative estimate of drug-likeness (QED) is 0.648. The van der Waals surface area contributed by atoms with E-state index in [0.29, 0.717) is 28.4 Å². The van der Waals surface area contributed by atoms with Crippen molar-refractivity contribution < 1.29 is 9.53 Å². The number of benzene rings is 1. The Balaban J connectivity index is 1.68. The van der Waals surface area contributed by atoms with Crippen LogP contribution in [-0.2, 0) is 4.79 Å². The van der Waals surface area contributed by atoms with E-state index in [-0.39, 0.29) is 5.91 Å². The molecular formula is C17H23N5O2S. The first kappa shape index (κ1) is 17.6. The molecule has 134 valence electrons. The number of carbonyl (C=O) groups excluding carboxylic acids is 1. The number of methoxy groups -OCH3 is 1. The number of rotatable bonds is 5. The number of thioether (sulfide) groups is 1. The largest absolute Gasteiger partial charge is 0.496 e. The molecule has 3 rings (SSSR count). The summed E-state index contributed by atoms with van der Waals surface area (Å²) in [6, 6.07) is 7.49. The monoisotopic (exact) mass is 361 g/mol. The van der Waals surface area contributed by atoms with Gasteiger partial charge in [0.05, 0.1) is 18.4 Å². The molecule has 2 aromatic rings. The number of ether oxygens (including phenoxy) is 1. The van der Waals surface area contributed by atoms with E-state index in [1.165, 1.54) is 22.9 Å². The molecule has 1 aliphatic rings. The van der Waals surface area contributed by atoms with E-state index in [9.17, 15) is 4.79 Å². The Kier molecular flexibility index (Phi) is 5.47. The Morgan fingerprint density at radius 2 is 2.20 bits per heavy atom. The fourth-order valence-electron chi connectivity index (χ4n) is 3.02. The van der Waals surface area contributed by atoms with E-state index in [0.717, 1.165) is 25.1 Å². The topological polar surface area (TPSA) is 86.3 Å². The summed E-state index contributed by atoms with van der Waals surface area (Å²) in [4.78, 5) is 14.3. The molecule has 0 bridgehead atoms. The molecule has 1 amide bonds. The van der Waals surface area contributed by atoms with Crippen LogP contribution in [0.15, 0.2) is 29.4 Å². The van der Waals surface area contributed by atoms with Crippen LogP contribution in [0.4, 0.5) is 0 Å². The van der Waals surface area contributed by atoms with Gasteiger partial charge in [-0.3, -0.25) is 4.79 Å². The fraction of sp³-hybridized carbons (Fsp3) is 0.471. The highest BCUT2D eigenvalue weighted by Crippen LogP contribution is 2.29. The second kappa shape index (κ2) is 7.77. The third-order valence-electron chi connectivity index (χ3n) is 4.35. The van der Waals surface area contributed by atoms with Gasteiger partial charge >= 0.3 is 0 Å². The van der Waals surface area contributed by atoms with Crippen molar-refractivity contribution >= 4 is 17.7 Å². The van der Waals surface area contributed by atoms with Crippen molar-refractivity contribution in [1.82, 2.24) is 19.8 Å². The van der Waals surface area contributed by atoms with Gasteiger partial charge in [-0.05, 0) is 30.9 Å². The maximum atomic E-state index is 12.4. The van der Waals surface area contributed by atoms with Gasteiger partial charge in [0.25, 0.3) is 0 Å². The lowest BCUT2D eigenvalue weighted by Crippen LogP contribution is -2.40. The third-order valence-corrected chi connectivity index (χ3v) is 5.27. The van der Waals surface area contributed by atoms with Crippen LogP contribution in [0.5, 0.6) is 5.75 Å². The summed E-state index contributed by atoms with van der Waals surface area (Å²) >= 11 is 1.31. The number of hydrogen-bond donors (Lipinski definition) is 1. The predicted octanol–water partition coefficient (Wildman–Crippen LogP) is 2.02. The Labute approximate surface area is 151 Å². The maximum absolute atomic E-state index is 12.4. The van der Waals surface area contributed by atoms with E-state index in [2.05, 4.69) is 17.1 Å². The molecule has 0 aliphatic carbocycles. The number of nitrogens with zero attached hydrogens (tertiary/aromatic N) is 4. The fourth-order valence-corrected chi connectivity index (χ4v) is 3.78. The van der Waals surface area contributed by atoms with Crippen molar-refractivity contribution in [3.63, 3.8) is 0 Å². The molecule has 1 aliphatic heterocycles. The molecule has 1 aromatic carbocycles. The maximum Gasteiger partial charge on any atom is 0.233 e. The van der Waals surface area contributed by atoms with Crippen molar-refractivity contribution in [3.8, 4) is 17.1 Å². The second-order valence-electron chi connectivity index (χ2n) is 6.25. The van der Waals surface area contributed by atoms with Gasteiger partial charge in [-0.15, -0.1) is 10.2 Å². The van der Waals surface area contributed by atoms with Crippen LogP contribution >= 0.6 is 11.8 Å². The smallest absolute Gasteiger partial charge is 0.233 e. The van der Waals surface area contributed by atoms with Crippen LogP contribution in [-0.4, -0.2) is 51.6 Å². The number of nitrogens with two attached hydrogens (primary N) is 1. The van der Waals surface area contributed by atoms with E-state index >= 15 is 0 Å².